The molecular formula is C9H16N2O. The van der Waals surface area contributed by atoms with Gasteiger partial charge >= 0.3 is 0 Å². The fourth-order valence-electron chi connectivity index (χ4n) is 1.31. The standard InChI is InChI=1S/C9H16N2O/c1-2-7(6-12)9(10)8-3-4-11-5-8/h3-5,7,9,11-12H,2,6,10H2,1H3. The van der Waals surface area contributed by atoms with Crippen LogP contribution in [0.25, 0.3) is 0 Å². The Kier molecular flexibility index (Phi) is 3.31. The van der Waals surface area contributed by atoms with Gasteiger partial charge < -0.3 is 15.8 Å². The zero-order valence-corrected chi connectivity index (χ0v) is 7.33. The Morgan fingerprint density at radius 3 is 2.83 bits per heavy atom. The number of hydrogen-bond acceptors (Lipinski definition) is 2. The minimum absolute atomic E-state index is 0.0498. The van der Waals surface area contributed by atoms with E-state index < -0.39 is 0 Å². The zero-order valence-electron chi connectivity index (χ0n) is 7.33. The largest absolute Gasteiger partial charge is 0.396 e. The van der Waals surface area contributed by atoms with Gasteiger partial charge in [-0.2, -0.15) is 0 Å². The van der Waals surface area contributed by atoms with Crippen LogP contribution in [0.1, 0.15) is 24.9 Å². The van der Waals surface area contributed by atoms with Crippen molar-refractivity contribution in [2.45, 2.75) is 19.4 Å². The number of aromatic nitrogens is 1. The first-order valence-corrected chi connectivity index (χ1v) is 4.28. The molecule has 0 fully saturated rings. The van der Waals surface area contributed by atoms with Gasteiger partial charge in [0.25, 0.3) is 0 Å². The van der Waals surface area contributed by atoms with Gasteiger partial charge in [0.2, 0.25) is 0 Å². The Labute approximate surface area is 72.6 Å². The second kappa shape index (κ2) is 4.28. The van der Waals surface area contributed by atoms with Gasteiger partial charge in [0.15, 0.2) is 0 Å². The summed E-state index contributed by atoms with van der Waals surface area (Å²) >= 11 is 0. The monoisotopic (exact) mass is 168 g/mol. The summed E-state index contributed by atoms with van der Waals surface area (Å²) in [5, 5.41) is 9.01. The van der Waals surface area contributed by atoms with Crippen LogP contribution in [0.15, 0.2) is 18.5 Å². The quantitative estimate of drug-likeness (QED) is 0.629. The van der Waals surface area contributed by atoms with Crippen molar-refractivity contribution in [2.24, 2.45) is 11.7 Å². The average molecular weight is 168 g/mol. The summed E-state index contributed by atoms with van der Waals surface area (Å²) in [6.07, 6.45) is 4.63. The van der Waals surface area contributed by atoms with Crippen molar-refractivity contribution in [3.8, 4) is 0 Å². The van der Waals surface area contributed by atoms with Gasteiger partial charge in [-0.05, 0) is 18.1 Å². The van der Waals surface area contributed by atoms with Crippen LogP contribution in [0.3, 0.4) is 0 Å². The summed E-state index contributed by atoms with van der Waals surface area (Å²) in [4.78, 5) is 2.95. The van der Waals surface area contributed by atoms with Crippen LogP contribution >= 0.6 is 0 Å². The van der Waals surface area contributed by atoms with Gasteiger partial charge in [-0.3, -0.25) is 0 Å². The van der Waals surface area contributed by atoms with Crippen LogP contribution in [-0.4, -0.2) is 16.7 Å². The maximum atomic E-state index is 9.01. The molecule has 0 aliphatic heterocycles. The molecule has 3 nitrogen and oxygen atoms in total. The Morgan fingerprint density at radius 2 is 2.42 bits per heavy atom. The van der Waals surface area contributed by atoms with E-state index in [4.69, 9.17) is 10.8 Å². The fourth-order valence-corrected chi connectivity index (χ4v) is 1.31. The Morgan fingerprint density at radius 1 is 1.67 bits per heavy atom. The molecule has 0 saturated heterocycles. The maximum Gasteiger partial charge on any atom is 0.0477 e. The van der Waals surface area contributed by atoms with Crippen molar-refractivity contribution in [3.63, 3.8) is 0 Å². The summed E-state index contributed by atoms with van der Waals surface area (Å²) in [6.45, 7) is 2.19. The number of H-pyrrole nitrogens is 1. The normalized spacial score (nSPS) is 15.9. The SMILES string of the molecule is CCC(CO)C(N)c1cc[nH]c1. The molecule has 4 N–H and O–H groups in total. The molecule has 3 heteroatoms. The Bertz CT molecular complexity index is 204. The van der Waals surface area contributed by atoms with Crippen LogP contribution in [0.2, 0.25) is 0 Å². The van der Waals surface area contributed by atoms with Crippen molar-refractivity contribution in [3.05, 3.63) is 24.0 Å². The summed E-state index contributed by atoms with van der Waals surface area (Å²) in [6, 6.07) is 1.90. The molecule has 0 radical (unpaired) electrons. The van der Waals surface area contributed by atoms with Gasteiger partial charge in [-0.25, -0.2) is 0 Å². The summed E-state index contributed by atoms with van der Waals surface area (Å²) in [5.41, 5.74) is 6.99. The number of nitrogens with two attached hydrogens (primary N) is 1. The fraction of sp³-hybridized carbons (Fsp3) is 0.556. The van der Waals surface area contributed by atoms with Crippen LogP contribution in [0.5, 0.6) is 0 Å². The number of aliphatic hydroxyl groups is 1. The zero-order chi connectivity index (χ0) is 8.97. The average Bonchev–Trinajstić information content (AvgIpc) is 2.58. The smallest absolute Gasteiger partial charge is 0.0477 e. The molecule has 0 bridgehead atoms. The number of rotatable bonds is 4. The van der Waals surface area contributed by atoms with E-state index in [0.717, 1.165) is 12.0 Å². The van der Waals surface area contributed by atoms with Crippen molar-refractivity contribution in [2.75, 3.05) is 6.61 Å². The van der Waals surface area contributed by atoms with E-state index >= 15 is 0 Å². The third kappa shape index (κ3) is 1.87. The first-order chi connectivity index (χ1) is 5.79. The second-order valence-corrected chi connectivity index (χ2v) is 3.02. The van der Waals surface area contributed by atoms with Crippen molar-refractivity contribution in [1.82, 2.24) is 4.98 Å². The molecule has 68 valence electrons. The lowest BCUT2D eigenvalue weighted by Crippen LogP contribution is -2.23. The third-order valence-corrected chi connectivity index (χ3v) is 2.27. The highest BCUT2D eigenvalue weighted by molar-refractivity contribution is 5.14. The van der Waals surface area contributed by atoms with E-state index in [1.54, 1.807) is 0 Å². The predicted octanol–water partition coefficient (Wildman–Crippen LogP) is 1.03. The number of aromatic amines is 1. The van der Waals surface area contributed by atoms with Crippen LogP contribution in [-0.2, 0) is 0 Å². The van der Waals surface area contributed by atoms with E-state index in [2.05, 4.69) is 4.98 Å². The molecule has 0 saturated carbocycles. The van der Waals surface area contributed by atoms with E-state index in [1.165, 1.54) is 0 Å². The number of nitrogens with one attached hydrogen (secondary N) is 1. The summed E-state index contributed by atoms with van der Waals surface area (Å²) in [5.74, 6) is 0.167. The van der Waals surface area contributed by atoms with Crippen LogP contribution in [0, 0.1) is 5.92 Å². The lowest BCUT2D eigenvalue weighted by Gasteiger charge is -2.18. The number of aliphatic hydroxyl groups excluding tert-OH is 1. The second-order valence-electron chi connectivity index (χ2n) is 3.02. The summed E-state index contributed by atoms with van der Waals surface area (Å²) in [7, 11) is 0. The lowest BCUT2D eigenvalue weighted by molar-refractivity contribution is 0.201. The third-order valence-electron chi connectivity index (χ3n) is 2.27. The molecule has 0 aliphatic carbocycles. The highest BCUT2D eigenvalue weighted by atomic mass is 16.3. The van der Waals surface area contributed by atoms with Gasteiger partial charge in [0.05, 0.1) is 0 Å². The molecule has 1 aromatic rings. The predicted molar refractivity (Wildman–Crippen MR) is 48.6 cm³/mol. The molecule has 0 aromatic carbocycles. The van der Waals surface area contributed by atoms with Gasteiger partial charge in [-0.15, -0.1) is 0 Å². The van der Waals surface area contributed by atoms with E-state index in [9.17, 15) is 0 Å². The van der Waals surface area contributed by atoms with Crippen molar-refractivity contribution in [1.29, 1.82) is 0 Å². The molecule has 2 atom stereocenters. The first-order valence-electron chi connectivity index (χ1n) is 4.28. The van der Waals surface area contributed by atoms with Crippen LogP contribution in [0.4, 0.5) is 0 Å². The molecular weight excluding hydrogens is 152 g/mol. The van der Waals surface area contributed by atoms with Crippen LogP contribution < -0.4 is 5.73 Å². The van der Waals surface area contributed by atoms with E-state index in [1.807, 2.05) is 25.4 Å². The molecule has 2 unspecified atom stereocenters. The highest BCUT2D eigenvalue weighted by Gasteiger charge is 2.16. The minimum Gasteiger partial charge on any atom is -0.396 e. The highest BCUT2D eigenvalue weighted by Crippen LogP contribution is 2.20. The lowest BCUT2D eigenvalue weighted by atomic mass is 9.94. The molecule has 1 rings (SSSR count). The van der Waals surface area contributed by atoms with Crippen molar-refractivity contribution >= 4 is 0 Å². The molecule has 12 heavy (non-hydrogen) atoms. The summed E-state index contributed by atoms with van der Waals surface area (Å²) < 4.78 is 0. The van der Waals surface area contributed by atoms with Gasteiger partial charge in [0.1, 0.15) is 0 Å². The van der Waals surface area contributed by atoms with Gasteiger partial charge in [-0.1, -0.05) is 6.92 Å². The Balaban J connectivity index is 2.63. The Hall–Kier alpha value is -0.800. The topological polar surface area (TPSA) is 62.0 Å². The molecule has 0 amide bonds. The van der Waals surface area contributed by atoms with E-state index in [-0.39, 0.29) is 18.6 Å². The van der Waals surface area contributed by atoms with Gasteiger partial charge in [0, 0.05) is 31.0 Å². The first kappa shape index (κ1) is 9.29. The van der Waals surface area contributed by atoms with Crippen molar-refractivity contribution < 1.29 is 5.11 Å². The molecule has 0 spiro atoms. The molecule has 1 aromatic heterocycles. The molecule has 1 heterocycles. The minimum atomic E-state index is -0.0498. The molecule has 0 aliphatic rings. The maximum absolute atomic E-state index is 9.01. The number of hydrogen-bond donors (Lipinski definition) is 3. The van der Waals surface area contributed by atoms with E-state index in [0.29, 0.717) is 0 Å².